The van der Waals surface area contributed by atoms with E-state index in [9.17, 15) is 4.79 Å². The normalized spacial score (nSPS) is 25.8. The maximum Gasteiger partial charge on any atom is 0.320 e. The number of aliphatic imine (C=N–C) groups is 2. The molecule has 3 aromatic rings. The Labute approximate surface area is 245 Å². The lowest BCUT2D eigenvalue weighted by molar-refractivity contribution is -0.750. The molecule has 1 aromatic heterocycles. The number of rotatable bonds is 7. The molecule has 0 spiro atoms. The van der Waals surface area contributed by atoms with Gasteiger partial charge in [0, 0.05) is 49.1 Å². The van der Waals surface area contributed by atoms with E-state index in [0.717, 1.165) is 84.0 Å². The number of carbonyl (C=O) groups is 1. The lowest BCUT2D eigenvalue weighted by Crippen LogP contribution is -2.55. The number of pyridine rings is 1. The molecule has 1 saturated heterocycles. The van der Waals surface area contributed by atoms with Crippen molar-refractivity contribution in [2.24, 2.45) is 21.7 Å². The first-order valence-electron chi connectivity index (χ1n) is 14.8. The number of quaternary nitrogens is 1. The van der Waals surface area contributed by atoms with Crippen LogP contribution in [0.4, 0.5) is 0 Å². The van der Waals surface area contributed by atoms with E-state index in [2.05, 4.69) is 57.3 Å². The van der Waals surface area contributed by atoms with Gasteiger partial charge in [0.05, 0.1) is 42.3 Å². The summed E-state index contributed by atoms with van der Waals surface area (Å²) in [7, 11) is 0. The first-order valence-corrected chi connectivity index (χ1v) is 14.8. The number of benzene rings is 2. The van der Waals surface area contributed by atoms with Crippen molar-refractivity contribution < 1.29 is 14.1 Å². The Balaban J connectivity index is 1.09. The fourth-order valence-corrected chi connectivity index (χ4v) is 6.52. The van der Waals surface area contributed by atoms with Crippen LogP contribution in [0, 0.1) is 5.92 Å². The third kappa shape index (κ3) is 4.88. The van der Waals surface area contributed by atoms with E-state index in [0.29, 0.717) is 25.1 Å². The van der Waals surface area contributed by atoms with Crippen LogP contribution in [-0.4, -0.2) is 82.8 Å². The largest absolute Gasteiger partial charge is 0.465 e. The Hall–Kier alpha value is -4.02. The molecule has 1 unspecified atom stereocenters. The number of carbonyl (C=O) groups excluding carboxylic acids is 1. The minimum Gasteiger partial charge on any atom is -0.465 e. The van der Waals surface area contributed by atoms with Gasteiger partial charge in [-0.3, -0.25) is 19.6 Å². The Morgan fingerprint density at radius 3 is 2.60 bits per heavy atom. The number of ether oxygens (including phenoxy) is 1. The molecular formula is C33H36N7O2+. The number of nitrogens with zero attached hydrogens (tertiary/aromatic N) is 6. The van der Waals surface area contributed by atoms with Crippen LogP contribution in [0.25, 0.3) is 22.2 Å². The topological polar surface area (TPSA) is 96.4 Å². The predicted octanol–water partition coefficient (Wildman–Crippen LogP) is 4.08. The van der Waals surface area contributed by atoms with E-state index in [4.69, 9.17) is 20.6 Å². The van der Waals surface area contributed by atoms with Crippen LogP contribution in [0.5, 0.6) is 0 Å². The van der Waals surface area contributed by atoms with Gasteiger partial charge in [-0.1, -0.05) is 42.5 Å². The zero-order chi connectivity index (χ0) is 28.7. The molecule has 9 nitrogen and oxygen atoms in total. The van der Waals surface area contributed by atoms with E-state index in [1.54, 1.807) is 6.20 Å². The average molecular weight is 563 g/mol. The zero-order valence-electron chi connectivity index (χ0n) is 23.9. The molecule has 2 aromatic carbocycles. The summed E-state index contributed by atoms with van der Waals surface area (Å²) in [6.07, 6.45) is 7.64. The van der Waals surface area contributed by atoms with E-state index in [1.165, 1.54) is 0 Å². The highest BCUT2D eigenvalue weighted by atomic mass is 16.5. The molecule has 214 valence electrons. The summed E-state index contributed by atoms with van der Waals surface area (Å²) in [4.78, 5) is 31.3. The smallest absolute Gasteiger partial charge is 0.320 e. The summed E-state index contributed by atoms with van der Waals surface area (Å²) >= 11 is 0. The van der Waals surface area contributed by atoms with Crippen LogP contribution in [0.2, 0.25) is 0 Å². The number of fused-ring (bicyclic) bond motifs is 2. The van der Waals surface area contributed by atoms with Crippen LogP contribution in [-0.2, 0) is 9.53 Å². The summed E-state index contributed by atoms with van der Waals surface area (Å²) in [6.45, 7) is 6.36. The number of hydrogen-bond acceptors (Lipinski definition) is 8. The van der Waals surface area contributed by atoms with Gasteiger partial charge in [0.25, 0.3) is 5.84 Å². The Kier molecular flexibility index (Phi) is 7.03. The van der Waals surface area contributed by atoms with Gasteiger partial charge in [-0.05, 0) is 38.0 Å². The van der Waals surface area contributed by atoms with Gasteiger partial charge in [0.2, 0.25) is 5.70 Å². The summed E-state index contributed by atoms with van der Waals surface area (Å²) in [5.74, 6) is 8.06. The number of esters is 1. The van der Waals surface area contributed by atoms with Gasteiger partial charge in [-0.15, -0.1) is 4.59 Å². The minimum atomic E-state index is -0.136. The Morgan fingerprint density at radius 1 is 1.02 bits per heavy atom. The molecule has 3 aliphatic heterocycles. The van der Waals surface area contributed by atoms with Crippen molar-refractivity contribution >= 4 is 28.9 Å². The van der Waals surface area contributed by atoms with Gasteiger partial charge in [0.15, 0.2) is 0 Å². The summed E-state index contributed by atoms with van der Waals surface area (Å²) < 4.78 is 5.14. The molecule has 0 radical (unpaired) electrons. The van der Waals surface area contributed by atoms with Crippen molar-refractivity contribution in [3.8, 4) is 11.3 Å². The highest BCUT2D eigenvalue weighted by Crippen LogP contribution is 2.44. The maximum atomic E-state index is 11.9. The van der Waals surface area contributed by atoms with Crippen molar-refractivity contribution in [1.29, 1.82) is 0 Å². The molecule has 7 rings (SSSR count). The van der Waals surface area contributed by atoms with Crippen LogP contribution in [0.15, 0.2) is 94.4 Å². The van der Waals surface area contributed by atoms with Gasteiger partial charge >= 0.3 is 5.97 Å². The lowest BCUT2D eigenvalue weighted by atomic mass is 9.76. The van der Waals surface area contributed by atoms with Crippen molar-refractivity contribution in [2.45, 2.75) is 25.8 Å². The van der Waals surface area contributed by atoms with Gasteiger partial charge in [-0.25, -0.2) is 4.98 Å². The predicted molar refractivity (Wildman–Crippen MR) is 164 cm³/mol. The Morgan fingerprint density at radius 2 is 1.81 bits per heavy atom. The molecule has 1 saturated carbocycles. The van der Waals surface area contributed by atoms with Crippen molar-refractivity contribution in [2.75, 3.05) is 39.3 Å². The third-order valence-electron chi connectivity index (χ3n) is 8.92. The van der Waals surface area contributed by atoms with Crippen LogP contribution in [0.3, 0.4) is 0 Å². The van der Waals surface area contributed by atoms with Crippen molar-refractivity contribution in [3.63, 3.8) is 0 Å². The van der Waals surface area contributed by atoms with Crippen LogP contribution < -0.4 is 5.84 Å². The SMILES string of the molecule is CCOC(=O)CN1CCN(C2CC(C3=C4C=NC=C[N+]4(N)C(c4ccc5ccc(-c6ccccc6)nc5c4)=N3)C2)CC1. The van der Waals surface area contributed by atoms with E-state index < -0.39 is 0 Å². The third-order valence-corrected chi connectivity index (χ3v) is 8.92. The highest BCUT2D eigenvalue weighted by molar-refractivity contribution is 6.02. The summed E-state index contributed by atoms with van der Waals surface area (Å²) in [6, 6.07) is 21.2. The molecule has 2 N–H and O–H groups in total. The number of aromatic nitrogens is 1. The number of nitrogens with two attached hydrogens (primary N) is 1. The highest BCUT2D eigenvalue weighted by Gasteiger charge is 2.49. The second-order valence-electron chi connectivity index (χ2n) is 11.5. The second kappa shape index (κ2) is 11.0. The van der Waals surface area contributed by atoms with Gasteiger partial charge in [0.1, 0.15) is 11.9 Å². The van der Waals surface area contributed by atoms with Gasteiger partial charge < -0.3 is 4.74 Å². The minimum absolute atomic E-state index is 0.0242. The van der Waals surface area contributed by atoms with E-state index in [-0.39, 0.29) is 10.6 Å². The molecule has 4 aliphatic rings. The molecular weight excluding hydrogens is 526 g/mol. The molecule has 1 atom stereocenters. The maximum absolute atomic E-state index is 11.9. The first kappa shape index (κ1) is 26.9. The monoisotopic (exact) mass is 562 g/mol. The quantitative estimate of drug-likeness (QED) is 0.265. The van der Waals surface area contributed by atoms with Crippen molar-refractivity contribution in [3.05, 3.63) is 90.0 Å². The number of allylic oxidation sites excluding steroid dienone is 2. The molecule has 2 fully saturated rings. The number of amidine groups is 1. The number of piperazine rings is 1. The van der Waals surface area contributed by atoms with Crippen LogP contribution >= 0.6 is 0 Å². The van der Waals surface area contributed by atoms with Gasteiger partial charge in [-0.2, -0.15) is 10.8 Å². The van der Waals surface area contributed by atoms with E-state index >= 15 is 0 Å². The zero-order valence-corrected chi connectivity index (χ0v) is 23.9. The molecule has 4 heterocycles. The Bertz CT molecular complexity index is 1630. The fourth-order valence-electron chi connectivity index (χ4n) is 6.52. The van der Waals surface area contributed by atoms with Crippen molar-refractivity contribution in [1.82, 2.24) is 14.8 Å². The number of hydrogen-bond donors (Lipinski definition) is 1. The standard InChI is InChI=1S/C33H36N7O2/c1-2-42-31(41)22-38-13-15-39(16-14-38)27-18-26(19-27)32-30-21-35-12-17-40(30,34)33(37-32)25-9-8-24-10-11-28(36-29(24)20-25)23-6-4-3-5-7-23/h3-12,17,20-21,26-27H,2,13-16,18-19,22,34H2,1H3/q+1. The van der Waals surface area contributed by atoms with Crippen LogP contribution in [0.1, 0.15) is 25.3 Å². The summed E-state index contributed by atoms with van der Waals surface area (Å²) in [5.41, 5.74) is 5.90. The fraction of sp³-hybridized carbons (Fsp3) is 0.333. The molecule has 42 heavy (non-hydrogen) atoms. The molecule has 1 aliphatic carbocycles. The van der Waals surface area contributed by atoms with E-state index in [1.807, 2.05) is 37.5 Å². The summed E-state index contributed by atoms with van der Waals surface area (Å²) in [5, 5.41) is 1.08. The second-order valence-corrected chi connectivity index (χ2v) is 11.5. The first-order chi connectivity index (χ1) is 20.5. The molecule has 0 amide bonds. The molecule has 0 bridgehead atoms. The lowest BCUT2D eigenvalue weighted by Gasteiger charge is -2.46. The molecule has 9 heteroatoms. The average Bonchev–Trinajstić information content (AvgIpc) is 3.30.